The van der Waals surface area contributed by atoms with Crippen molar-refractivity contribution < 1.29 is 9.13 Å². The van der Waals surface area contributed by atoms with E-state index in [1.807, 2.05) is 4.68 Å². The molecular formula is C23H31FN4OS. The van der Waals surface area contributed by atoms with E-state index in [2.05, 4.69) is 16.4 Å². The third-order valence-electron chi connectivity index (χ3n) is 7.49. The van der Waals surface area contributed by atoms with Crippen LogP contribution in [0, 0.1) is 28.3 Å². The van der Waals surface area contributed by atoms with Gasteiger partial charge in [-0.15, -0.1) is 0 Å². The lowest BCUT2D eigenvalue weighted by atomic mass is 9.84. The number of rotatable bonds is 7. The van der Waals surface area contributed by atoms with E-state index in [1.54, 1.807) is 18.2 Å². The summed E-state index contributed by atoms with van der Waals surface area (Å²) in [6.07, 6.45) is 7.86. The molecule has 2 bridgehead atoms. The summed E-state index contributed by atoms with van der Waals surface area (Å²) in [5.41, 5.74) is 0. The molecule has 0 amide bonds. The Balaban J connectivity index is 1.42. The van der Waals surface area contributed by atoms with Crippen molar-refractivity contribution in [3.8, 4) is 5.75 Å². The van der Waals surface area contributed by atoms with Crippen molar-refractivity contribution in [2.75, 3.05) is 13.1 Å². The van der Waals surface area contributed by atoms with E-state index >= 15 is 0 Å². The predicted molar refractivity (Wildman–Crippen MR) is 116 cm³/mol. The van der Waals surface area contributed by atoms with Crippen molar-refractivity contribution in [1.82, 2.24) is 19.2 Å². The first-order chi connectivity index (χ1) is 14.6. The Hall–Kier alpha value is -1.73. The van der Waals surface area contributed by atoms with Gasteiger partial charge in [-0.3, -0.25) is 9.47 Å². The third-order valence-corrected chi connectivity index (χ3v) is 7.89. The number of halogens is 1. The van der Waals surface area contributed by atoms with Crippen LogP contribution in [0.1, 0.15) is 57.3 Å². The summed E-state index contributed by atoms with van der Waals surface area (Å²) in [7, 11) is 0. The molecule has 2 heterocycles. The summed E-state index contributed by atoms with van der Waals surface area (Å²) in [5.74, 6) is 3.05. The van der Waals surface area contributed by atoms with Gasteiger partial charge in [0, 0.05) is 6.04 Å². The van der Waals surface area contributed by atoms with Gasteiger partial charge in [0.1, 0.15) is 6.61 Å². The number of para-hydroxylation sites is 1. The van der Waals surface area contributed by atoms with Gasteiger partial charge in [0.05, 0.1) is 6.67 Å². The van der Waals surface area contributed by atoms with E-state index < -0.39 is 0 Å². The van der Waals surface area contributed by atoms with E-state index in [0.29, 0.717) is 12.0 Å². The Labute approximate surface area is 182 Å². The molecular weight excluding hydrogens is 399 g/mol. The number of aromatic nitrogens is 3. The highest BCUT2D eigenvalue weighted by Crippen LogP contribution is 2.52. The monoisotopic (exact) mass is 430 g/mol. The second-order valence-corrected chi connectivity index (χ2v) is 9.70. The highest BCUT2D eigenvalue weighted by atomic mass is 32.1. The number of hydrogen-bond donors (Lipinski definition) is 0. The van der Waals surface area contributed by atoms with Crippen LogP contribution >= 0.6 is 12.2 Å². The molecule has 30 heavy (non-hydrogen) atoms. The minimum Gasteiger partial charge on any atom is -0.483 e. The Morgan fingerprint density at radius 1 is 1.20 bits per heavy atom. The molecule has 1 aromatic heterocycles. The number of fused-ring (bicyclic) bond motifs is 2. The van der Waals surface area contributed by atoms with Crippen molar-refractivity contribution in [3.63, 3.8) is 0 Å². The lowest BCUT2D eigenvalue weighted by Gasteiger charge is -2.29. The minimum absolute atomic E-state index is 0.225. The number of benzene rings is 1. The molecule has 1 saturated heterocycles. The van der Waals surface area contributed by atoms with Gasteiger partial charge in [-0.25, -0.2) is 9.07 Å². The van der Waals surface area contributed by atoms with Gasteiger partial charge in [0.2, 0.25) is 0 Å². The molecule has 162 valence electrons. The first-order valence-electron chi connectivity index (χ1n) is 11.4. The fourth-order valence-electron chi connectivity index (χ4n) is 5.96. The lowest BCUT2D eigenvalue weighted by Crippen LogP contribution is -2.25. The fourth-order valence-corrected chi connectivity index (χ4v) is 6.33. The molecule has 7 heteroatoms. The van der Waals surface area contributed by atoms with E-state index in [4.69, 9.17) is 22.1 Å². The van der Waals surface area contributed by atoms with Gasteiger partial charge in [0.15, 0.2) is 22.2 Å². The molecule has 3 fully saturated rings. The van der Waals surface area contributed by atoms with Gasteiger partial charge in [-0.2, -0.15) is 5.10 Å². The van der Waals surface area contributed by atoms with Crippen molar-refractivity contribution in [2.45, 2.75) is 64.8 Å². The summed E-state index contributed by atoms with van der Waals surface area (Å²) in [6.45, 7) is 5.43. The predicted octanol–water partition coefficient (Wildman–Crippen LogP) is 5.18. The van der Waals surface area contributed by atoms with Crippen LogP contribution in [-0.4, -0.2) is 32.3 Å². The minimum atomic E-state index is -0.347. The summed E-state index contributed by atoms with van der Waals surface area (Å²) in [4.78, 5) is 2.40. The van der Waals surface area contributed by atoms with Crippen LogP contribution in [0.25, 0.3) is 0 Å². The van der Waals surface area contributed by atoms with Crippen molar-refractivity contribution >= 4 is 12.2 Å². The molecule has 1 aliphatic heterocycles. The van der Waals surface area contributed by atoms with Gasteiger partial charge in [0.25, 0.3) is 0 Å². The van der Waals surface area contributed by atoms with Gasteiger partial charge in [-0.05, 0) is 94.2 Å². The maximum Gasteiger partial charge on any atom is 0.199 e. The molecule has 0 radical (unpaired) electrons. The maximum atomic E-state index is 14.1. The molecule has 4 atom stereocenters. The smallest absolute Gasteiger partial charge is 0.199 e. The highest BCUT2D eigenvalue weighted by molar-refractivity contribution is 7.71. The number of likely N-dealkylation sites (tertiary alicyclic amines) is 1. The van der Waals surface area contributed by atoms with Gasteiger partial charge < -0.3 is 4.74 Å². The molecule has 2 aliphatic carbocycles. The first-order valence-corrected chi connectivity index (χ1v) is 11.8. The zero-order valence-electron chi connectivity index (χ0n) is 17.7. The normalized spacial score (nSPS) is 27.1. The van der Waals surface area contributed by atoms with Crippen LogP contribution in [0.5, 0.6) is 5.75 Å². The van der Waals surface area contributed by atoms with Crippen LogP contribution < -0.4 is 4.74 Å². The molecule has 0 N–H and O–H groups in total. The molecule has 0 unspecified atom stereocenters. The summed E-state index contributed by atoms with van der Waals surface area (Å²) in [5, 5.41) is 4.86. The Bertz CT molecular complexity index is 951. The molecule has 0 spiro atoms. The van der Waals surface area contributed by atoms with Crippen LogP contribution in [0.4, 0.5) is 4.39 Å². The second kappa shape index (κ2) is 8.42. The van der Waals surface area contributed by atoms with Gasteiger partial charge >= 0.3 is 0 Å². The van der Waals surface area contributed by atoms with Gasteiger partial charge in [-0.1, -0.05) is 18.6 Å². The summed E-state index contributed by atoms with van der Waals surface area (Å²) in [6, 6.07) is 6.83. The lowest BCUT2D eigenvalue weighted by molar-refractivity contribution is 0.221. The Kier molecular flexibility index (Phi) is 5.67. The zero-order chi connectivity index (χ0) is 20.7. The molecule has 5 rings (SSSR count). The topological polar surface area (TPSA) is 35.2 Å². The van der Waals surface area contributed by atoms with Crippen molar-refractivity contribution in [1.29, 1.82) is 0 Å². The average molecular weight is 431 g/mol. The highest BCUT2D eigenvalue weighted by Gasteiger charge is 2.43. The van der Waals surface area contributed by atoms with Crippen molar-refractivity contribution in [2.24, 2.45) is 17.8 Å². The van der Waals surface area contributed by atoms with Crippen molar-refractivity contribution in [3.05, 3.63) is 40.7 Å². The van der Waals surface area contributed by atoms with Crippen LogP contribution in [0.3, 0.4) is 0 Å². The number of hydrogen-bond acceptors (Lipinski definition) is 4. The molecule has 2 aromatic rings. The average Bonchev–Trinajstić information content (AvgIpc) is 3.53. The molecule has 5 nitrogen and oxygen atoms in total. The third kappa shape index (κ3) is 3.82. The maximum absolute atomic E-state index is 14.1. The van der Waals surface area contributed by atoms with Crippen LogP contribution in [-0.2, 0) is 13.3 Å². The Morgan fingerprint density at radius 3 is 2.70 bits per heavy atom. The van der Waals surface area contributed by atoms with E-state index in [9.17, 15) is 4.39 Å². The second-order valence-electron chi connectivity index (χ2n) is 9.33. The van der Waals surface area contributed by atoms with Crippen LogP contribution in [0.2, 0.25) is 0 Å². The quantitative estimate of drug-likeness (QED) is 0.567. The zero-order valence-corrected chi connectivity index (χ0v) is 18.5. The SMILES string of the molecule is C[C@H]([C@H]1C[C@H]2CC[C@H]1C2)n1c(COc2ccccc2F)nn(CN2CCCC2)c1=S. The summed E-state index contributed by atoms with van der Waals surface area (Å²) < 4.78 is 24.8. The fraction of sp³-hybridized carbons (Fsp3) is 0.652. The first kappa shape index (κ1) is 20.2. The van der Waals surface area contributed by atoms with E-state index in [0.717, 1.165) is 42.2 Å². The molecule has 2 saturated carbocycles. The standard InChI is InChI=1S/C23H31FN4OS/c1-16(19-13-17-8-9-18(19)12-17)28-22(14-29-21-7-3-2-6-20(21)24)25-27(23(28)30)15-26-10-4-5-11-26/h2-3,6-7,16-19H,4-5,8-15H2,1H3/t16-,17+,18+,19-/m1/s1. The van der Waals surface area contributed by atoms with E-state index in [-0.39, 0.29) is 18.2 Å². The summed E-state index contributed by atoms with van der Waals surface area (Å²) >= 11 is 5.91. The van der Waals surface area contributed by atoms with E-state index in [1.165, 1.54) is 44.6 Å². The largest absolute Gasteiger partial charge is 0.483 e. The molecule has 3 aliphatic rings. The molecule has 1 aromatic carbocycles. The Morgan fingerprint density at radius 2 is 2.00 bits per heavy atom. The number of ether oxygens (including phenoxy) is 1. The van der Waals surface area contributed by atoms with Crippen LogP contribution in [0.15, 0.2) is 24.3 Å². The number of nitrogens with zero attached hydrogens (tertiary/aromatic N) is 4.